The van der Waals surface area contributed by atoms with Crippen LogP contribution in [-0.2, 0) is 16.1 Å². The highest BCUT2D eigenvalue weighted by Crippen LogP contribution is 2.40. The predicted octanol–water partition coefficient (Wildman–Crippen LogP) is 3.31. The van der Waals surface area contributed by atoms with Crippen molar-refractivity contribution in [3.63, 3.8) is 0 Å². The Bertz CT molecular complexity index is 1070. The Labute approximate surface area is 166 Å². The average Bonchev–Trinajstić information content (AvgIpc) is 3.37. The minimum Gasteiger partial charge on any atom is -0.507 e. The van der Waals surface area contributed by atoms with Crippen LogP contribution in [-0.4, -0.2) is 33.8 Å². The van der Waals surface area contributed by atoms with Crippen LogP contribution in [0.5, 0.6) is 5.75 Å². The quantitative estimate of drug-likeness (QED) is 0.408. The number of aliphatic hydroxyl groups is 1. The molecular weight excluding hydrogens is 372 g/mol. The van der Waals surface area contributed by atoms with Crippen molar-refractivity contribution in [1.82, 2.24) is 9.88 Å². The third-order valence-corrected chi connectivity index (χ3v) is 4.80. The molecule has 3 heterocycles. The number of pyridine rings is 1. The summed E-state index contributed by atoms with van der Waals surface area (Å²) >= 11 is 0. The fourth-order valence-corrected chi connectivity index (χ4v) is 3.40. The monoisotopic (exact) mass is 390 g/mol. The van der Waals surface area contributed by atoms with Gasteiger partial charge >= 0.3 is 0 Å². The summed E-state index contributed by atoms with van der Waals surface area (Å²) in [6, 6.07) is 12.7. The topological polar surface area (TPSA) is 92.9 Å². The number of furan rings is 1. The molecule has 0 spiro atoms. The zero-order valence-corrected chi connectivity index (χ0v) is 15.6. The highest BCUT2D eigenvalue weighted by atomic mass is 16.5. The molecule has 2 aromatic heterocycles. The molecule has 7 nitrogen and oxygen atoms in total. The molecule has 1 unspecified atom stereocenters. The minimum atomic E-state index is -0.843. The third kappa shape index (κ3) is 3.38. The van der Waals surface area contributed by atoms with E-state index < -0.39 is 17.7 Å². The lowest BCUT2D eigenvalue weighted by Crippen LogP contribution is -2.29. The molecule has 1 aliphatic heterocycles. The van der Waals surface area contributed by atoms with E-state index in [2.05, 4.69) is 4.98 Å². The number of carbonyl (C=O) groups excluding carboxylic acids is 2. The fourth-order valence-electron chi connectivity index (χ4n) is 3.40. The molecule has 1 aliphatic rings. The average molecular weight is 390 g/mol. The van der Waals surface area contributed by atoms with Gasteiger partial charge in [-0.15, -0.1) is 0 Å². The SMILES string of the molecule is COc1cccc(/C(O)=C2\C(=O)C(=O)N(Cc3ccncc3)C2c2ccco2)c1. The first-order valence-corrected chi connectivity index (χ1v) is 8.95. The first-order chi connectivity index (χ1) is 14.1. The molecule has 0 bridgehead atoms. The lowest BCUT2D eigenvalue weighted by Gasteiger charge is -2.23. The molecule has 1 amide bonds. The number of Topliss-reactive ketones (excluding diaryl/α,β-unsaturated/α-hetero) is 1. The fraction of sp³-hybridized carbons (Fsp3) is 0.136. The van der Waals surface area contributed by atoms with Gasteiger partial charge in [-0.3, -0.25) is 14.6 Å². The summed E-state index contributed by atoms with van der Waals surface area (Å²) in [5.41, 5.74) is 1.16. The number of benzene rings is 1. The van der Waals surface area contributed by atoms with Crippen LogP contribution in [0.2, 0.25) is 0 Å². The van der Waals surface area contributed by atoms with Gasteiger partial charge in [-0.05, 0) is 42.0 Å². The van der Waals surface area contributed by atoms with Crippen molar-refractivity contribution in [2.75, 3.05) is 7.11 Å². The molecule has 0 aliphatic carbocycles. The summed E-state index contributed by atoms with van der Waals surface area (Å²) in [5, 5.41) is 11.0. The van der Waals surface area contributed by atoms with E-state index in [0.717, 1.165) is 5.56 Å². The summed E-state index contributed by atoms with van der Waals surface area (Å²) in [6.45, 7) is 0.174. The van der Waals surface area contributed by atoms with Gasteiger partial charge in [0, 0.05) is 24.5 Å². The molecule has 3 aromatic rings. The molecule has 146 valence electrons. The molecule has 0 radical (unpaired) electrons. The van der Waals surface area contributed by atoms with E-state index in [1.807, 2.05) is 0 Å². The van der Waals surface area contributed by atoms with Gasteiger partial charge in [-0.25, -0.2) is 0 Å². The molecule has 1 fully saturated rings. The van der Waals surface area contributed by atoms with Gasteiger partial charge in [-0.2, -0.15) is 0 Å². The molecular formula is C22H18N2O5. The number of rotatable bonds is 5. The first kappa shape index (κ1) is 18.5. The first-order valence-electron chi connectivity index (χ1n) is 8.95. The Morgan fingerprint density at radius 1 is 1.17 bits per heavy atom. The predicted molar refractivity (Wildman–Crippen MR) is 104 cm³/mol. The largest absolute Gasteiger partial charge is 0.507 e. The maximum Gasteiger partial charge on any atom is 0.296 e. The number of ketones is 1. The number of likely N-dealkylation sites (tertiary alicyclic amines) is 1. The van der Waals surface area contributed by atoms with E-state index in [4.69, 9.17) is 9.15 Å². The molecule has 1 aromatic carbocycles. The standard InChI is InChI=1S/C22H18N2O5/c1-28-16-5-2-4-15(12-16)20(25)18-19(17-6-3-11-29-17)24(22(27)21(18)26)13-14-7-9-23-10-8-14/h2-12,19,25H,13H2,1H3/b20-18+. The summed E-state index contributed by atoms with van der Waals surface area (Å²) in [6.07, 6.45) is 4.70. The molecule has 0 saturated carbocycles. The van der Waals surface area contributed by atoms with Crippen molar-refractivity contribution in [3.8, 4) is 5.75 Å². The van der Waals surface area contributed by atoms with Crippen molar-refractivity contribution in [2.24, 2.45) is 0 Å². The molecule has 4 rings (SSSR count). The number of hydrogen-bond donors (Lipinski definition) is 1. The van der Waals surface area contributed by atoms with E-state index in [9.17, 15) is 14.7 Å². The minimum absolute atomic E-state index is 0.0211. The Kier molecular flexibility index (Phi) is 4.87. The number of amides is 1. The lowest BCUT2D eigenvalue weighted by molar-refractivity contribution is -0.140. The molecule has 1 atom stereocenters. The van der Waals surface area contributed by atoms with Crippen LogP contribution in [0, 0.1) is 0 Å². The Morgan fingerprint density at radius 2 is 1.97 bits per heavy atom. The van der Waals surface area contributed by atoms with Crippen molar-refractivity contribution in [3.05, 3.63) is 89.6 Å². The van der Waals surface area contributed by atoms with E-state index >= 15 is 0 Å². The summed E-state index contributed by atoms with van der Waals surface area (Å²) in [7, 11) is 1.51. The number of nitrogens with zero attached hydrogens (tertiary/aromatic N) is 2. The summed E-state index contributed by atoms with van der Waals surface area (Å²) in [5.74, 6) is -0.827. The third-order valence-electron chi connectivity index (χ3n) is 4.80. The van der Waals surface area contributed by atoms with Crippen molar-refractivity contribution >= 4 is 17.4 Å². The van der Waals surface area contributed by atoms with Crippen LogP contribution in [0.4, 0.5) is 0 Å². The lowest BCUT2D eigenvalue weighted by atomic mass is 9.99. The van der Waals surface area contributed by atoms with E-state index in [1.165, 1.54) is 18.3 Å². The second-order valence-electron chi connectivity index (χ2n) is 6.53. The van der Waals surface area contributed by atoms with Crippen molar-refractivity contribution < 1.29 is 23.8 Å². The highest BCUT2D eigenvalue weighted by molar-refractivity contribution is 6.46. The highest BCUT2D eigenvalue weighted by Gasteiger charge is 2.47. The van der Waals surface area contributed by atoms with Gasteiger partial charge in [0.1, 0.15) is 23.3 Å². The zero-order valence-electron chi connectivity index (χ0n) is 15.6. The number of aromatic nitrogens is 1. The van der Waals surface area contributed by atoms with Crippen LogP contribution in [0.15, 0.2) is 77.2 Å². The molecule has 7 heteroatoms. The van der Waals surface area contributed by atoms with Gasteiger partial charge in [0.25, 0.3) is 11.7 Å². The Morgan fingerprint density at radius 3 is 2.66 bits per heavy atom. The number of methoxy groups -OCH3 is 1. The van der Waals surface area contributed by atoms with Crippen LogP contribution in [0.3, 0.4) is 0 Å². The van der Waals surface area contributed by atoms with Crippen molar-refractivity contribution in [1.29, 1.82) is 0 Å². The molecule has 1 saturated heterocycles. The van der Waals surface area contributed by atoms with Gasteiger partial charge in [-0.1, -0.05) is 12.1 Å². The van der Waals surface area contributed by atoms with Gasteiger partial charge in [0.2, 0.25) is 0 Å². The van der Waals surface area contributed by atoms with Crippen LogP contribution < -0.4 is 4.74 Å². The second-order valence-corrected chi connectivity index (χ2v) is 6.53. The number of aliphatic hydroxyl groups excluding tert-OH is 1. The normalized spacial score (nSPS) is 18.2. The second kappa shape index (κ2) is 7.63. The zero-order chi connectivity index (χ0) is 20.4. The van der Waals surface area contributed by atoms with Gasteiger partial charge < -0.3 is 19.2 Å². The smallest absolute Gasteiger partial charge is 0.296 e. The Balaban J connectivity index is 1.83. The number of ether oxygens (including phenoxy) is 1. The number of hydrogen-bond acceptors (Lipinski definition) is 6. The van der Waals surface area contributed by atoms with E-state index in [1.54, 1.807) is 60.9 Å². The summed E-state index contributed by atoms with van der Waals surface area (Å²) in [4.78, 5) is 31.1. The molecule has 1 N–H and O–H groups in total. The number of carbonyl (C=O) groups is 2. The molecule has 29 heavy (non-hydrogen) atoms. The van der Waals surface area contributed by atoms with E-state index in [-0.39, 0.29) is 17.9 Å². The van der Waals surface area contributed by atoms with Gasteiger partial charge in [0.15, 0.2) is 0 Å². The van der Waals surface area contributed by atoms with Crippen LogP contribution >= 0.6 is 0 Å². The Hall–Kier alpha value is -3.87. The van der Waals surface area contributed by atoms with Crippen molar-refractivity contribution in [2.45, 2.75) is 12.6 Å². The van der Waals surface area contributed by atoms with E-state index in [0.29, 0.717) is 17.1 Å². The van der Waals surface area contributed by atoms with Crippen LogP contribution in [0.25, 0.3) is 5.76 Å². The maximum atomic E-state index is 12.9. The van der Waals surface area contributed by atoms with Gasteiger partial charge in [0.05, 0.1) is 18.9 Å². The summed E-state index contributed by atoms with van der Waals surface area (Å²) < 4.78 is 10.7. The maximum absolute atomic E-state index is 12.9. The van der Waals surface area contributed by atoms with Crippen LogP contribution in [0.1, 0.15) is 22.9 Å².